The molecule has 7 nitrogen and oxygen atoms in total. The molecule has 0 radical (unpaired) electrons. The first kappa shape index (κ1) is 17.0. The molecule has 0 atom stereocenters. The molecule has 0 unspecified atom stereocenters. The molecule has 0 aromatic carbocycles. The third-order valence-corrected chi connectivity index (χ3v) is 2.49. The second kappa shape index (κ2) is 8.28. The number of alkyl carbamates (subject to hydrolysis) is 1. The highest BCUT2D eigenvalue weighted by Gasteiger charge is 2.15. The van der Waals surface area contributed by atoms with E-state index in [9.17, 15) is 9.59 Å². The molecule has 0 saturated heterocycles. The maximum Gasteiger partial charge on any atom is 0.407 e. The number of aryl methyl sites for hydroxylation is 1. The molecular weight excluding hydrogens is 272 g/mol. The number of amides is 2. The lowest BCUT2D eigenvalue weighted by Crippen LogP contribution is -2.35. The number of carbonyl (C=O) groups is 2. The maximum absolute atomic E-state index is 11.5. The van der Waals surface area contributed by atoms with E-state index in [0.29, 0.717) is 6.54 Å². The van der Waals surface area contributed by atoms with Crippen molar-refractivity contribution in [3.8, 4) is 0 Å². The Morgan fingerprint density at radius 3 is 2.62 bits per heavy atom. The summed E-state index contributed by atoms with van der Waals surface area (Å²) in [6, 6.07) is 0. The molecule has 7 heteroatoms. The Hall–Kier alpha value is -2.05. The summed E-state index contributed by atoms with van der Waals surface area (Å²) in [5.74, 6) is -0.0864. The summed E-state index contributed by atoms with van der Waals surface area (Å²) in [7, 11) is 0. The Morgan fingerprint density at radius 1 is 1.24 bits per heavy atom. The van der Waals surface area contributed by atoms with E-state index in [4.69, 9.17) is 4.74 Å². The third kappa shape index (κ3) is 8.67. The highest BCUT2D eigenvalue weighted by Crippen LogP contribution is 2.06. The predicted molar refractivity (Wildman–Crippen MR) is 78.7 cm³/mol. The minimum absolute atomic E-state index is 0.0864. The fourth-order valence-electron chi connectivity index (χ4n) is 1.59. The molecule has 0 spiro atoms. The first-order chi connectivity index (χ1) is 9.87. The summed E-state index contributed by atoms with van der Waals surface area (Å²) < 4.78 is 7.02. The van der Waals surface area contributed by atoms with Crippen molar-refractivity contribution < 1.29 is 14.3 Å². The van der Waals surface area contributed by atoms with Gasteiger partial charge in [-0.1, -0.05) is 0 Å². The molecule has 1 aromatic rings. The van der Waals surface area contributed by atoms with Crippen LogP contribution in [0.5, 0.6) is 0 Å². The molecule has 0 aliphatic rings. The van der Waals surface area contributed by atoms with Crippen LogP contribution in [0.15, 0.2) is 18.7 Å². The molecule has 0 aliphatic heterocycles. The van der Waals surface area contributed by atoms with E-state index in [2.05, 4.69) is 15.6 Å². The first-order valence-corrected chi connectivity index (χ1v) is 7.06. The van der Waals surface area contributed by atoms with Crippen LogP contribution in [0.4, 0.5) is 4.79 Å². The Kier molecular flexibility index (Phi) is 6.71. The number of carbonyl (C=O) groups excluding carboxylic acids is 2. The van der Waals surface area contributed by atoms with Crippen LogP contribution < -0.4 is 10.6 Å². The van der Waals surface area contributed by atoms with Gasteiger partial charge >= 0.3 is 6.09 Å². The second-order valence-corrected chi connectivity index (χ2v) is 5.68. The van der Waals surface area contributed by atoms with Crippen LogP contribution in [0, 0.1) is 0 Å². The van der Waals surface area contributed by atoms with E-state index in [-0.39, 0.29) is 18.9 Å². The van der Waals surface area contributed by atoms with Crippen LogP contribution in [0.25, 0.3) is 0 Å². The van der Waals surface area contributed by atoms with E-state index in [1.807, 2.05) is 10.8 Å². The van der Waals surface area contributed by atoms with E-state index in [1.54, 1.807) is 33.3 Å². The van der Waals surface area contributed by atoms with Gasteiger partial charge < -0.3 is 19.9 Å². The van der Waals surface area contributed by atoms with Gasteiger partial charge in [-0.3, -0.25) is 4.79 Å². The van der Waals surface area contributed by atoms with Crippen molar-refractivity contribution in [1.82, 2.24) is 20.2 Å². The van der Waals surface area contributed by atoms with E-state index < -0.39 is 11.7 Å². The van der Waals surface area contributed by atoms with Gasteiger partial charge in [0.2, 0.25) is 5.91 Å². The van der Waals surface area contributed by atoms with Crippen molar-refractivity contribution in [2.75, 3.05) is 13.1 Å². The van der Waals surface area contributed by atoms with E-state index >= 15 is 0 Å². The molecule has 2 amide bonds. The topological polar surface area (TPSA) is 85.2 Å². The van der Waals surface area contributed by atoms with Crippen LogP contribution in [-0.2, 0) is 16.1 Å². The Bertz CT molecular complexity index is 438. The Labute approximate surface area is 125 Å². The fourth-order valence-corrected chi connectivity index (χ4v) is 1.59. The highest BCUT2D eigenvalue weighted by atomic mass is 16.6. The number of aromatic nitrogens is 2. The van der Waals surface area contributed by atoms with Gasteiger partial charge in [-0.15, -0.1) is 0 Å². The van der Waals surface area contributed by atoms with Crippen molar-refractivity contribution in [1.29, 1.82) is 0 Å². The quantitative estimate of drug-likeness (QED) is 0.743. The molecule has 0 saturated carbocycles. The SMILES string of the molecule is CC(C)(C)OC(=O)NCCC(=O)NCCCn1ccnc1. The standard InChI is InChI=1S/C14H24N4O3/c1-14(2,3)21-13(20)17-7-5-12(19)16-6-4-9-18-10-8-15-11-18/h8,10-11H,4-7,9H2,1-3H3,(H,16,19)(H,17,20). The van der Waals surface area contributed by atoms with Crippen molar-refractivity contribution in [2.45, 2.75) is 45.8 Å². The summed E-state index contributed by atoms with van der Waals surface area (Å²) in [6.45, 7) is 7.06. The summed E-state index contributed by atoms with van der Waals surface area (Å²) in [4.78, 5) is 26.8. The number of nitrogens with zero attached hydrogens (tertiary/aromatic N) is 2. The smallest absolute Gasteiger partial charge is 0.407 e. The fraction of sp³-hybridized carbons (Fsp3) is 0.643. The molecular formula is C14H24N4O3. The first-order valence-electron chi connectivity index (χ1n) is 7.06. The highest BCUT2D eigenvalue weighted by molar-refractivity contribution is 5.76. The van der Waals surface area contributed by atoms with Crippen LogP contribution in [-0.4, -0.2) is 40.2 Å². The number of hydrogen-bond donors (Lipinski definition) is 2. The predicted octanol–water partition coefficient (Wildman–Crippen LogP) is 1.30. The number of hydrogen-bond acceptors (Lipinski definition) is 4. The minimum Gasteiger partial charge on any atom is -0.444 e. The van der Waals surface area contributed by atoms with Crippen LogP contribution in [0.1, 0.15) is 33.6 Å². The number of imidazole rings is 1. The van der Waals surface area contributed by atoms with E-state index in [1.165, 1.54) is 0 Å². The van der Waals surface area contributed by atoms with Crippen molar-refractivity contribution in [2.24, 2.45) is 0 Å². The number of ether oxygens (including phenoxy) is 1. The second-order valence-electron chi connectivity index (χ2n) is 5.68. The molecule has 2 N–H and O–H groups in total. The summed E-state index contributed by atoms with van der Waals surface area (Å²) in [6.07, 6.45) is 5.92. The Balaban J connectivity index is 2.02. The molecule has 1 rings (SSSR count). The molecule has 0 aliphatic carbocycles. The van der Waals surface area contributed by atoms with Gasteiger partial charge in [-0.2, -0.15) is 0 Å². The molecule has 0 bridgehead atoms. The average molecular weight is 296 g/mol. The lowest BCUT2D eigenvalue weighted by atomic mass is 10.2. The zero-order valence-electron chi connectivity index (χ0n) is 12.9. The van der Waals surface area contributed by atoms with E-state index in [0.717, 1.165) is 13.0 Å². The molecule has 118 valence electrons. The Morgan fingerprint density at radius 2 is 2.00 bits per heavy atom. The van der Waals surface area contributed by atoms with Gasteiger partial charge in [0.1, 0.15) is 5.60 Å². The zero-order chi connectivity index (χ0) is 15.7. The lowest BCUT2D eigenvalue weighted by Gasteiger charge is -2.19. The molecule has 1 aromatic heterocycles. The normalized spacial score (nSPS) is 11.0. The minimum atomic E-state index is -0.528. The van der Waals surface area contributed by atoms with Crippen molar-refractivity contribution in [3.63, 3.8) is 0 Å². The van der Waals surface area contributed by atoms with Gasteiger partial charge in [-0.25, -0.2) is 9.78 Å². The summed E-state index contributed by atoms with van der Waals surface area (Å²) in [5, 5.41) is 5.35. The number of rotatable bonds is 7. The third-order valence-electron chi connectivity index (χ3n) is 2.49. The van der Waals surface area contributed by atoms with Gasteiger partial charge in [-0.05, 0) is 27.2 Å². The monoisotopic (exact) mass is 296 g/mol. The van der Waals surface area contributed by atoms with Crippen LogP contribution in [0.2, 0.25) is 0 Å². The summed E-state index contributed by atoms with van der Waals surface area (Å²) in [5.41, 5.74) is -0.528. The van der Waals surface area contributed by atoms with Crippen molar-refractivity contribution in [3.05, 3.63) is 18.7 Å². The largest absolute Gasteiger partial charge is 0.444 e. The maximum atomic E-state index is 11.5. The zero-order valence-corrected chi connectivity index (χ0v) is 12.9. The van der Waals surface area contributed by atoms with Gasteiger partial charge in [0.15, 0.2) is 0 Å². The van der Waals surface area contributed by atoms with Gasteiger partial charge in [0, 0.05) is 38.4 Å². The molecule has 0 fully saturated rings. The van der Waals surface area contributed by atoms with Crippen LogP contribution >= 0.6 is 0 Å². The van der Waals surface area contributed by atoms with Gasteiger partial charge in [0.05, 0.1) is 6.33 Å². The van der Waals surface area contributed by atoms with Crippen LogP contribution in [0.3, 0.4) is 0 Å². The molecule has 1 heterocycles. The average Bonchev–Trinajstić information content (AvgIpc) is 2.85. The summed E-state index contributed by atoms with van der Waals surface area (Å²) >= 11 is 0. The molecule has 21 heavy (non-hydrogen) atoms. The lowest BCUT2D eigenvalue weighted by molar-refractivity contribution is -0.120. The van der Waals surface area contributed by atoms with Gasteiger partial charge in [0.25, 0.3) is 0 Å². The number of nitrogens with one attached hydrogen (secondary N) is 2. The van der Waals surface area contributed by atoms with Crippen molar-refractivity contribution >= 4 is 12.0 Å².